The van der Waals surface area contributed by atoms with Crippen molar-refractivity contribution in [3.05, 3.63) is 64.9 Å². The number of carbonyl (C=O) groups excluding carboxylic acids is 1. The van der Waals surface area contributed by atoms with E-state index in [1.807, 2.05) is 6.08 Å². The number of halogens is 3. The molecule has 1 amide bonds. The molecule has 0 N–H and O–H groups in total. The molecule has 1 aromatic carbocycles. The molecular weight excluding hydrogens is 425 g/mol. The minimum absolute atomic E-state index is 0.00149. The Morgan fingerprint density at radius 3 is 2.31 bits per heavy atom. The van der Waals surface area contributed by atoms with E-state index in [1.54, 1.807) is 11.1 Å². The van der Waals surface area contributed by atoms with E-state index in [1.165, 1.54) is 41.2 Å². The molecule has 0 bridgehead atoms. The number of fused-ring (bicyclic) bond motifs is 1. The summed E-state index contributed by atoms with van der Waals surface area (Å²) < 4.78 is 42.8. The van der Waals surface area contributed by atoms with Crippen molar-refractivity contribution in [3.63, 3.8) is 0 Å². The molecule has 1 aliphatic carbocycles. The Hall–Kier alpha value is -3.69. The maximum atomic E-state index is 13.0. The third kappa shape index (κ3) is 3.61. The van der Waals surface area contributed by atoms with Crippen LogP contribution in [0.2, 0.25) is 0 Å². The average Bonchev–Trinajstić information content (AvgIpc) is 2.67. The van der Waals surface area contributed by atoms with Crippen LogP contribution in [0.3, 0.4) is 0 Å². The van der Waals surface area contributed by atoms with Crippen molar-refractivity contribution in [2.75, 3.05) is 13.1 Å². The Morgan fingerprint density at radius 1 is 1.06 bits per heavy atom. The highest BCUT2D eigenvalue weighted by atomic mass is 19.4. The van der Waals surface area contributed by atoms with Crippen molar-refractivity contribution in [3.8, 4) is 16.9 Å². The first kappa shape index (κ1) is 20.2. The Morgan fingerprint density at radius 2 is 1.72 bits per heavy atom. The zero-order valence-corrected chi connectivity index (χ0v) is 16.7. The zero-order chi connectivity index (χ0) is 22.5. The maximum Gasteiger partial charge on any atom is 0.573 e. The number of nitrogens with zero attached hydrogens (tertiary/aromatic N) is 4. The van der Waals surface area contributed by atoms with Crippen molar-refractivity contribution in [2.24, 2.45) is 0 Å². The normalized spacial score (nSPS) is 16.3. The second-order valence-electron chi connectivity index (χ2n) is 7.71. The first-order valence-electron chi connectivity index (χ1n) is 10.0. The lowest BCUT2D eigenvalue weighted by Crippen LogP contribution is -2.53. The molecule has 0 radical (unpaired) electrons. The molecule has 1 aliphatic heterocycles. The molecule has 2 aromatic heterocycles. The van der Waals surface area contributed by atoms with Gasteiger partial charge >= 0.3 is 6.36 Å². The lowest BCUT2D eigenvalue weighted by Gasteiger charge is -2.41. The van der Waals surface area contributed by atoms with Gasteiger partial charge in [-0.3, -0.25) is 14.6 Å². The molecule has 0 spiro atoms. The van der Waals surface area contributed by atoms with Crippen molar-refractivity contribution >= 4 is 16.9 Å². The quantitative estimate of drug-likeness (QED) is 0.619. The van der Waals surface area contributed by atoms with E-state index in [-0.39, 0.29) is 28.8 Å². The van der Waals surface area contributed by atoms with Crippen LogP contribution in [0.4, 0.5) is 13.2 Å². The molecule has 3 aromatic rings. The highest BCUT2D eigenvalue weighted by molar-refractivity contribution is 5.95. The van der Waals surface area contributed by atoms with Crippen LogP contribution in [0, 0.1) is 0 Å². The summed E-state index contributed by atoms with van der Waals surface area (Å²) >= 11 is 0. The third-order valence-corrected chi connectivity index (χ3v) is 5.68. The van der Waals surface area contributed by atoms with Gasteiger partial charge in [0.25, 0.3) is 5.56 Å². The SMILES string of the molecule is O=C(C1=CCC1)N1CC(n2cc(-c3ccc(OC(F)(F)F)cc3)c3nccnc3c2=O)C1. The third-order valence-electron chi connectivity index (χ3n) is 5.68. The number of alkyl halides is 3. The predicted molar refractivity (Wildman–Crippen MR) is 109 cm³/mol. The molecular formula is C22H17F3N4O3. The van der Waals surface area contributed by atoms with E-state index in [4.69, 9.17) is 0 Å². The molecule has 0 saturated carbocycles. The Kier molecular flexibility index (Phi) is 4.72. The first-order valence-corrected chi connectivity index (χ1v) is 10.0. The summed E-state index contributed by atoms with van der Waals surface area (Å²) in [6.45, 7) is 0.805. The number of carbonyl (C=O) groups is 1. The number of hydrogen-bond acceptors (Lipinski definition) is 5. The monoisotopic (exact) mass is 442 g/mol. The van der Waals surface area contributed by atoms with Gasteiger partial charge < -0.3 is 14.2 Å². The molecule has 5 rings (SSSR count). The fourth-order valence-electron chi connectivity index (χ4n) is 3.87. The van der Waals surface area contributed by atoms with E-state index < -0.39 is 6.36 Å². The van der Waals surface area contributed by atoms with Gasteiger partial charge in [0, 0.05) is 42.8 Å². The number of likely N-dealkylation sites (tertiary alicyclic amines) is 1. The largest absolute Gasteiger partial charge is 0.573 e. The number of hydrogen-bond donors (Lipinski definition) is 0. The number of pyridine rings is 1. The summed E-state index contributed by atoms with van der Waals surface area (Å²) in [6, 6.07) is 5.13. The summed E-state index contributed by atoms with van der Waals surface area (Å²) in [6.07, 6.45) is 3.33. The molecule has 2 aliphatic rings. The van der Waals surface area contributed by atoms with Crippen LogP contribution in [0.25, 0.3) is 22.2 Å². The highest BCUT2D eigenvalue weighted by Gasteiger charge is 2.35. The van der Waals surface area contributed by atoms with Crippen molar-refractivity contribution in [2.45, 2.75) is 25.2 Å². The molecule has 1 saturated heterocycles. The van der Waals surface area contributed by atoms with Crippen molar-refractivity contribution in [1.82, 2.24) is 19.4 Å². The second-order valence-corrected chi connectivity index (χ2v) is 7.71. The molecule has 7 nitrogen and oxygen atoms in total. The van der Waals surface area contributed by atoms with Gasteiger partial charge in [0.1, 0.15) is 11.3 Å². The van der Waals surface area contributed by atoms with Crippen molar-refractivity contribution < 1.29 is 22.7 Å². The Balaban J connectivity index is 1.49. The van der Waals surface area contributed by atoms with Crippen LogP contribution in [0.1, 0.15) is 18.9 Å². The van der Waals surface area contributed by atoms with Gasteiger partial charge in [0.2, 0.25) is 5.91 Å². The number of allylic oxidation sites excluding steroid dienone is 1. The highest BCUT2D eigenvalue weighted by Crippen LogP contribution is 2.31. The summed E-state index contributed by atoms with van der Waals surface area (Å²) in [5.41, 5.74) is 2.11. The van der Waals surface area contributed by atoms with E-state index >= 15 is 0 Å². The predicted octanol–water partition coefficient (Wildman–Crippen LogP) is 3.46. The number of amides is 1. The fraction of sp³-hybridized carbons (Fsp3) is 0.273. The topological polar surface area (TPSA) is 77.3 Å². The van der Waals surface area contributed by atoms with Crippen LogP contribution < -0.4 is 10.3 Å². The first-order chi connectivity index (χ1) is 15.3. The van der Waals surface area contributed by atoms with Gasteiger partial charge in [-0.1, -0.05) is 18.2 Å². The number of rotatable bonds is 4. The maximum absolute atomic E-state index is 13.0. The molecule has 1 fully saturated rings. The van der Waals surface area contributed by atoms with Gasteiger partial charge in [-0.2, -0.15) is 0 Å². The number of benzene rings is 1. The standard InChI is InChI=1S/C22H17F3N4O3/c23-22(24,25)32-16-6-4-13(5-7-16)17-12-29(21(31)19-18(17)26-8-9-27-19)15-10-28(11-15)20(30)14-2-1-3-14/h2,4-9,12,15H,1,3,10-11H2. The lowest BCUT2D eigenvalue weighted by molar-refractivity contribution is -0.274. The number of ether oxygens (including phenoxy) is 1. The zero-order valence-electron chi connectivity index (χ0n) is 16.7. The van der Waals surface area contributed by atoms with E-state index in [0.717, 1.165) is 18.4 Å². The minimum atomic E-state index is -4.78. The molecule has 0 unspecified atom stereocenters. The van der Waals surface area contributed by atoms with Gasteiger partial charge in [-0.15, -0.1) is 13.2 Å². The molecule has 164 valence electrons. The lowest BCUT2D eigenvalue weighted by atomic mass is 9.95. The van der Waals surface area contributed by atoms with Gasteiger partial charge in [-0.05, 0) is 30.5 Å². The van der Waals surface area contributed by atoms with Crippen LogP contribution in [0.5, 0.6) is 5.75 Å². The van der Waals surface area contributed by atoms with Crippen LogP contribution in [0.15, 0.2) is 59.3 Å². The smallest absolute Gasteiger partial charge is 0.406 e. The summed E-state index contributed by atoms with van der Waals surface area (Å²) in [5.74, 6) is -0.343. The van der Waals surface area contributed by atoms with Crippen molar-refractivity contribution in [1.29, 1.82) is 0 Å². The summed E-state index contributed by atoms with van der Waals surface area (Å²) in [7, 11) is 0. The average molecular weight is 442 g/mol. The van der Waals surface area contributed by atoms with Gasteiger partial charge in [0.05, 0.1) is 6.04 Å². The molecule has 0 atom stereocenters. The minimum Gasteiger partial charge on any atom is -0.406 e. The van der Waals surface area contributed by atoms with Crippen LogP contribution in [-0.4, -0.2) is 44.8 Å². The van der Waals surface area contributed by atoms with Crippen LogP contribution >= 0.6 is 0 Å². The molecule has 32 heavy (non-hydrogen) atoms. The Bertz CT molecular complexity index is 1290. The van der Waals surface area contributed by atoms with E-state index in [0.29, 0.717) is 29.7 Å². The number of aromatic nitrogens is 3. The fourth-order valence-corrected chi connectivity index (χ4v) is 3.87. The summed E-state index contributed by atoms with van der Waals surface area (Å²) in [5, 5.41) is 0. The molecule has 10 heteroatoms. The van der Waals surface area contributed by atoms with Gasteiger partial charge in [-0.25, -0.2) is 4.98 Å². The van der Waals surface area contributed by atoms with E-state index in [9.17, 15) is 22.8 Å². The van der Waals surface area contributed by atoms with E-state index in [2.05, 4.69) is 14.7 Å². The summed E-state index contributed by atoms with van der Waals surface area (Å²) in [4.78, 5) is 35.5. The van der Waals surface area contributed by atoms with Gasteiger partial charge in [0.15, 0.2) is 5.52 Å². The molecule has 3 heterocycles. The van der Waals surface area contributed by atoms with Crippen LogP contribution in [-0.2, 0) is 4.79 Å². The Labute approximate surface area is 179 Å². The second kappa shape index (κ2) is 7.47.